The maximum Gasteiger partial charge on any atom is 0.403 e. The van der Waals surface area contributed by atoms with Crippen LogP contribution in [-0.2, 0) is 0 Å². The van der Waals surface area contributed by atoms with Crippen molar-refractivity contribution in [3.05, 3.63) is 83.4 Å². The second kappa shape index (κ2) is 19.1. The van der Waals surface area contributed by atoms with E-state index in [0.29, 0.717) is 54.5 Å². The zero-order chi connectivity index (χ0) is 47.4. The van der Waals surface area contributed by atoms with Crippen molar-refractivity contribution in [2.75, 3.05) is 56.4 Å². The predicted molar refractivity (Wildman–Crippen MR) is 228 cm³/mol. The molecule has 2 fully saturated rings. The molecule has 65 heavy (non-hydrogen) atoms. The number of amides is 4. The van der Waals surface area contributed by atoms with E-state index in [1.807, 2.05) is 4.90 Å². The summed E-state index contributed by atoms with van der Waals surface area (Å²) in [5.74, 6) is 2.50. The lowest BCUT2D eigenvalue weighted by molar-refractivity contribution is -0.168. The van der Waals surface area contributed by atoms with Gasteiger partial charge in [0.1, 0.15) is 17.3 Å². The van der Waals surface area contributed by atoms with Gasteiger partial charge in [0, 0.05) is 56.1 Å². The summed E-state index contributed by atoms with van der Waals surface area (Å²) in [5, 5.41) is 14.7. The highest BCUT2D eigenvalue weighted by Gasteiger charge is 2.43. The van der Waals surface area contributed by atoms with Crippen molar-refractivity contribution in [1.29, 1.82) is 0 Å². The van der Waals surface area contributed by atoms with Gasteiger partial charge in [-0.15, -0.1) is 12.8 Å². The molecule has 0 spiro atoms. The van der Waals surface area contributed by atoms with Crippen molar-refractivity contribution in [1.82, 2.24) is 19.9 Å². The Bertz CT molecular complexity index is 2560. The number of fused-ring (bicyclic) bond motifs is 8. The van der Waals surface area contributed by atoms with Gasteiger partial charge in [-0.05, 0) is 68.3 Å². The fourth-order valence-corrected chi connectivity index (χ4v) is 7.23. The summed E-state index contributed by atoms with van der Waals surface area (Å²) in [5.41, 5.74) is 6.80. The number of hydrogen-bond acceptors (Lipinski definition) is 11. The number of hydrogen-bond donors (Lipinski definition) is 4. The van der Waals surface area contributed by atoms with E-state index < -0.39 is 54.5 Å². The molecule has 2 saturated heterocycles. The van der Waals surface area contributed by atoms with Crippen LogP contribution in [0.25, 0.3) is 0 Å². The molecule has 340 valence electrons. The third-order valence-corrected chi connectivity index (χ3v) is 10.7. The number of pyridine rings is 4. The van der Waals surface area contributed by atoms with Crippen LogP contribution in [-0.4, -0.2) is 106 Å². The number of ketones is 1. The molecule has 0 aromatic carbocycles. The van der Waals surface area contributed by atoms with E-state index in [2.05, 4.69) is 53.0 Å². The number of aromatic carboxylic acids is 1. The Hall–Kier alpha value is -7.46. The summed E-state index contributed by atoms with van der Waals surface area (Å²) < 4.78 is 71.8. The van der Waals surface area contributed by atoms with Crippen LogP contribution in [0.4, 0.5) is 70.6 Å². The topological polar surface area (TPSA) is 203 Å². The summed E-state index contributed by atoms with van der Waals surface area (Å²) in [7, 11) is 0. The van der Waals surface area contributed by atoms with Gasteiger partial charge in [-0.3, -0.25) is 25.2 Å². The summed E-state index contributed by atoms with van der Waals surface area (Å²) in [6, 6.07) is 9.77. The van der Waals surface area contributed by atoms with E-state index in [-0.39, 0.29) is 35.1 Å². The number of nitrogens with two attached hydrogens (primary N) is 1. The van der Waals surface area contributed by atoms with E-state index in [9.17, 15) is 50.6 Å². The molecule has 5 N–H and O–H groups in total. The van der Waals surface area contributed by atoms with Crippen LogP contribution in [0.15, 0.2) is 60.9 Å². The first-order valence-corrected chi connectivity index (χ1v) is 19.9. The highest BCUT2D eigenvalue weighted by atomic mass is 19.4. The minimum absolute atomic E-state index is 0.0742. The van der Waals surface area contributed by atoms with Crippen LogP contribution in [0.3, 0.4) is 0 Å². The number of aromatic nitrogens is 4. The molecule has 0 saturated carbocycles. The maximum atomic E-state index is 13.1. The van der Waals surface area contributed by atoms with Crippen molar-refractivity contribution in [3.8, 4) is 24.7 Å². The molecule has 4 amide bonds. The van der Waals surface area contributed by atoms with Gasteiger partial charge < -0.3 is 20.6 Å². The van der Waals surface area contributed by atoms with E-state index >= 15 is 0 Å². The number of carbonyl (C=O) groups excluding carboxylic acids is 3. The lowest BCUT2D eigenvalue weighted by Gasteiger charge is -2.35. The molecule has 22 heteroatoms. The van der Waals surface area contributed by atoms with Crippen LogP contribution < -0.4 is 36.0 Å². The average Bonchev–Trinajstić information content (AvgIpc) is 3.88. The van der Waals surface area contributed by atoms with Crippen LogP contribution in [0.5, 0.6) is 0 Å². The molecule has 8 heterocycles. The zero-order valence-corrected chi connectivity index (χ0v) is 34.7. The molecule has 4 aromatic heterocycles. The third-order valence-electron chi connectivity index (χ3n) is 10.7. The van der Waals surface area contributed by atoms with Gasteiger partial charge in [-0.25, -0.2) is 34.3 Å². The Labute approximate surface area is 368 Å². The number of terminal acetylenes is 2. The lowest BCUT2D eigenvalue weighted by atomic mass is 10.0. The zero-order valence-electron chi connectivity index (χ0n) is 34.7. The van der Waals surface area contributed by atoms with E-state index in [1.54, 1.807) is 36.4 Å². The van der Waals surface area contributed by atoms with Crippen molar-refractivity contribution >= 4 is 58.5 Å². The summed E-state index contributed by atoms with van der Waals surface area (Å²) >= 11 is 0. The SMILES string of the molecule is C#Cc1ccnc(NC(=O)N2c3nc(C(=O)C[C@H](C)C(F)(F)F)ccc3N3CC[C@H]2C3)c1.C#Cc1ccnc(NC(=O)N2c3nc(C(=O)O)ccc3N3CC[C@H]2C3)c1.C[C@@H](N)C(F)(F)F. The molecule has 4 aliphatic heterocycles. The molecule has 4 aliphatic rings. The molecule has 4 atom stereocenters. The molecular weight excluding hydrogens is 865 g/mol. The van der Waals surface area contributed by atoms with Crippen LogP contribution in [0.2, 0.25) is 0 Å². The number of rotatable bonds is 6. The van der Waals surface area contributed by atoms with Gasteiger partial charge in [-0.2, -0.15) is 26.3 Å². The quantitative estimate of drug-likeness (QED) is 0.0926. The Morgan fingerprint density at radius 1 is 0.754 bits per heavy atom. The van der Waals surface area contributed by atoms with Crippen molar-refractivity contribution in [2.45, 2.75) is 63.6 Å². The fraction of sp³-hybridized carbons (Fsp3) is 0.349. The number of anilines is 6. The largest absolute Gasteiger partial charge is 0.477 e. The molecule has 4 bridgehead atoms. The maximum absolute atomic E-state index is 13.1. The Morgan fingerprint density at radius 2 is 1.18 bits per heavy atom. The van der Waals surface area contributed by atoms with Crippen LogP contribution in [0.1, 0.15) is 65.2 Å². The van der Waals surface area contributed by atoms with Crippen molar-refractivity contribution in [3.63, 3.8) is 0 Å². The number of nitrogens with one attached hydrogen (secondary N) is 2. The predicted octanol–water partition coefficient (Wildman–Crippen LogP) is 6.54. The standard InChI is InChI=1S/C22H20F3N5O2.C18H15N5O3.C3H6F3N/c1-3-14-6-8-26-19(11-14)28-21(32)30-15-7-9-29(12-15)17-5-4-16(27-20(17)30)18(31)10-13(2)22(23,24)25;1-2-11-5-7-19-15(9-11)21-18(26)23-12-6-8-22(10-12)14-4-3-13(17(24)25)20-16(14)23;1-2(7)3(4,5)6/h1,4-6,8,11,13,15H,7,9-10,12H2,2H3,(H,26,28,32);1,3-5,7,9,12H,6,8,10H2,(H,24,25)(H,19,21,26);2H,7H2,1H3/t13-,15-;12-;2-/m001/s1. The van der Waals surface area contributed by atoms with Crippen molar-refractivity contribution < 1.29 is 50.6 Å². The normalized spacial score (nSPS) is 17.6. The van der Waals surface area contributed by atoms with E-state index in [4.69, 9.17) is 12.8 Å². The molecular formula is C43H41F6N11O5. The monoisotopic (exact) mass is 905 g/mol. The minimum Gasteiger partial charge on any atom is -0.477 e. The third kappa shape index (κ3) is 10.8. The molecule has 0 aliphatic carbocycles. The first-order chi connectivity index (χ1) is 30.7. The average molecular weight is 906 g/mol. The van der Waals surface area contributed by atoms with Gasteiger partial charge in [-0.1, -0.05) is 18.8 Å². The van der Waals surface area contributed by atoms with Gasteiger partial charge in [0.15, 0.2) is 23.1 Å². The van der Waals surface area contributed by atoms with Gasteiger partial charge >= 0.3 is 30.4 Å². The van der Waals surface area contributed by atoms with E-state index in [0.717, 1.165) is 32.5 Å². The molecule has 4 aromatic rings. The number of Topliss-reactive ketones (excluding diaryl/α,β-unsaturated/α-hetero) is 1. The van der Waals surface area contributed by atoms with Gasteiger partial charge in [0.2, 0.25) is 0 Å². The summed E-state index contributed by atoms with van der Waals surface area (Å²) in [4.78, 5) is 73.7. The molecule has 8 rings (SSSR count). The van der Waals surface area contributed by atoms with Crippen LogP contribution in [0, 0.1) is 30.6 Å². The number of halogens is 6. The number of nitrogens with zero attached hydrogens (tertiary/aromatic N) is 8. The van der Waals surface area contributed by atoms with Crippen molar-refractivity contribution in [2.24, 2.45) is 11.7 Å². The molecule has 0 unspecified atom stereocenters. The summed E-state index contributed by atoms with van der Waals surface area (Å²) in [6.45, 7) is 4.64. The lowest BCUT2D eigenvalue weighted by Crippen LogP contribution is -2.48. The highest BCUT2D eigenvalue weighted by Crippen LogP contribution is 2.41. The number of urea groups is 2. The Morgan fingerprint density at radius 3 is 1.58 bits per heavy atom. The first kappa shape index (κ1) is 47.0. The van der Waals surface area contributed by atoms with Gasteiger partial charge in [0.05, 0.1) is 35.4 Å². The van der Waals surface area contributed by atoms with Gasteiger partial charge in [0.25, 0.3) is 0 Å². The number of alkyl halides is 6. The molecule has 16 nitrogen and oxygen atoms in total. The first-order valence-electron chi connectivity index (χ1n) is 19.9. The second-order valence-corrected chi connectivity index (χ2v) is 15.3. The summed E-state index contributed by atoms with van der Waals surface area (Å²) in [6.07, 6.45) is 5.83. The van der Waals surface area contributed by atoms with E-state index in [1.165, 1.54) is 34.3 Å². The second-order valence-electron chi connectivity index (χ2n) is 15.3. The minimum atomic E-state index is -4.47. The molecule has 0 radical (unpaired) electrons. The number of carbonyl (C=O) groups is 4. The Balaban J connectivity index is 0.000000191. The fourth-order valence-electron chi connectivity index (χ4n) is 7.23. The highest BCUT2D eigenvalue weighted by molar-refractivity contribution is 6.06. The number of carboxylic acids is 1. The number of carboxylic acid groups (broad SMARTS) is 1. The Kier molecular flexibility index (Phi) is 13.8. The van der Waals surface area contributed by atoms with Crippen LogP contribution >= 0.6 is 0 Å². The smallest absolute Gasteiger partial charge is 0.403 e.